The van der Waals surface area contributed by atoms with E-state index in [2.05, 4.69) is 4.74 Å². The van der Waals surface area contributed by atoms with Crippen LogP contribution in [0.5, 0.6) is 0 Å². The lowest BCUT2D eigenvalue weighted by Crippen LogP contribution is -2.56. The summed E-state index contributed by atoms with van der Waals surface area (Å²) in [6.45, 7) is -0.499. The van der Waals surface area contributed by atoms with Crippen molar-refractivity contribution in [2.24, 2.45) is 5.92 Å². The summed E-state index contributed by atoms with van der Waals surface area (Å²) in [5.74, 6) is -2.41. The number of piperidine rings is 1. The van der Waals surface area contributed by atoms with Crippen LogP contribution >= 0.6 is 0 Å². The van der Waals surface area contributed by atoms with Gasteiger partial charge in [0.1, 0.15) is 12.9 Å². The molecule has 0 aliphatic carbocycles. The molecule has 1 heterocycles. The maximum absolute atomic E-state index is 11.3. The maximum Gasteiger partial charge on any atom is 0.407 e. The number of amides is 1. The van der Waals surface area contributed by atoms with Gasteiger partial charge in [0.05, 0.1) is 31.4 Å². The van der Waals surface area contributed by atoms with Gasteiger partial charge < -0.3 is 24.6 Å². The summed E-state index contributed by atoms with van der Waals surface area (Å²) in [4.78, 5) is 23.5. The number of carbonyl (C=O) groups is 2. The Morgan fingerprint density at radius 3 is 2.41 bits per heavy atom. The highest BCUT2D eigenvalue weighted by atomic mass is 32.2. The SMILES string of the molecule is COCOC[C@H]1CC(C(=O)O)C(OS(C)(=O)=O)CN1C(=O)O. The van der Waals surface area contributed by atoms with Crippen molar-refractivity contribution in [3.63, 3.8) is 0 Å². The Hall–Kier alpha value is -1.43. The first-order valence-electron chi connectivity index (χ1n) is 6.33. The zero-order valence-electron chi connectivity index (χ0n) is 12.2. The fourth-order valence-electron chi connectivity index (χ4n) is 2.28. The molecule has 1 rings (SSSR count). The number of methoxy groups -OCH3 is 1. The Morgan fingerprint density at radius 2 is 1.95 bits per heavy atom. The smallest absolute Gasteiger partial charge is 0.407 e. The van der Waals surface area contributed by atoms with E-state index in [9.17, 15) is 28.2 Å². The van der Waals surface area contributed by atoms with Crippen molar-refractivity contribution in [2.45, 2.75) is 18.6 Å². The molecule has 128 valence electrons. The van der Waals surface area contributed by atoms with Crippen molar-refractivity contribution in [2.75, 3.05) is 33.3 Å². The summed E-state index contributed by atoms with van der Waals surface area (Å²) in [5, 5.41) is 18.4. The van der Waals surface area contributed by atoms with Gasteiger partial charge in [-0.3, -0.25) is 8.98 Å². The van der Waals surface area contributed by atoms with E-state index < -0.39 is 40.2 Å². The van der Waals surface area contributed by atoms with Crippen LogP contribution < -0.4 is 0 Å². The maximum atomic E-state index is 11.3. The second-order valence-electron chi connectivity index (χ2n) is 4.89. The van der Waals surface area contributed by atoms with Gasteiger partial charge in [-0.1, -0.05) is 0 Å². The molecule has 22 heavy (non-hydrogen) atoms. The molecule has 0 bridgehead atoms. The van der Waals surface area contributed by atoms with Gasteiger partial charge in [-0.25, -0.2) is 4.79 Å². The third-order valence-electron chi connectivity index (χ3n) is 3.16. The predicted octanol–water partition coefficient (Wildman–Crippen LogP) is -0.595. The van der Waals surface area contributed by atoms with Gasteiger partial charge in [0.25, 0.3) is 10.1 Å². The lowest BCUT2D eigenvalue weighted by Gasteiger charge is -2.40. The number of carboxylic acids is 1. The molecule has 0 aromatic carbocycles. The molecule has 0 aromatic heterocycles. The van der Waals surface area contributed by atoms with Gasteiger partial charge in [0.15, 0.2) is 0 Å². The molecule has 10 nitrogen and oxygen atoms in total. The highest BCUT2D eigenvalue weighted by Crippen LogP contribution is 2.27. The van der Waals surface area contributed by atoms with Gasteiger partial charge >= 0.3 is 12.1 Å². The van der Waals surface area contributed by atoms with Crippen LogP contribution in [0, 0.1) is 5.92 Å². The average Bonchev–Trinajstić information content (AvgIpc) is 2.37. The summed E-state index contributed by atoms with van der Waals surface area (Å²) < 4.78 is 36.9. The molecule has 0 aromatic rings. The molecule has 2 N–H and O–H groups in total. The zero-order valence-corrected chi connectivity index (χ0v) is 13.0. The van der Waals surface area contributed by atoms with Crippen molar-refractivity contribution in [3.05, 3.63) is 0 Å². The van der Waals surface area contributed by atoms with Crippen LogP contribution in [0.1, 0.15) is 6.42 Å². The molecule has 1 fully saturated rings. The first-order chi connectivity index (χ1) is 10.2. The van der Waals surface area contributed by atoms with E-state index in [4.69, 9.17) is 8.92 Å². The number of aliphatic carboxylic acids is 1. The number of carboxylic acid groups (broad SMARTS) is 2. The van der Waals surface area contributed by atoms with Crippen LogP contribution in [-0.2, 0) is 28.6 Å². The van der Waals surface area contributed by atoms with Crippen LogP contribution in [0.3, 0.4) is 0 Å². The Morgan fingerprint density at radius 1 is 1.32 bits per heavy atom. The van der Waals surface area contributed by atoms with Gasteiger partial charge in [0, 0.05) is 7.11 Å². The summed E-state index contributed by atoms with van der Waals surface area (Å²) in [5.41, 5.74) is 0. The molecular formula is C11H19NO9S. The summed E-state index contributed by atoms with van der Waals surface area (Å²) in [7, 11) is -2.52. The normalized spacial score (nSPS) is 25.9. The highest BCUT2D eigenvalue weighted by Gasteiger charge is 2.43. The number of hydrogen-bond acceptors (Lipinski definition) is 7. The lowest BCUT2D eigenvalue weighted by atomic mass is 9.89. The number of nitrogens with zero attached hydrogens (tertiary/aromatic N) is 1. The van der Waals surface area contributed by atoms with E-state index in [1.54, 1.807) is 0 Å². The lowest BCUT2D eigenvalue weighted by molar-refractivity contribution is -0.149. The van der Waals surface area contributed by atoms with E-state index in [1.165, 1.54) is 7.11 Å². The average molecular weight is 341 g/mol. The van der Waals surface area contributed by atoms with E-state index in [0.29, 0.717) is 0 Å². The molecule has 1 aliphatic heterocycles. The molecule has 0 saturated carbocycles. The predicted molar refractivity (Wildman–Crippen MR) is 71.8 cm³/mol. The minimum absolute atomic E-state index is 0.0600. The Balaban J connectivity index is 2.91. The van der Waals surface area contributed by atoms with E-state index in [1.807, 2.05) is 0 Å². The molecule has 0 spiro atoms. The highest BCUT2D eigenvalue weighted by molar-refractivity contribution is 7.86. The Labute approximate surface area is 127 Å². The van der Waals surface area contributed by atoms with Crippen LogP contribution in [0.4, 0.5) is 4.79 Å². The largest absolute Gasteiger partial charge is 0.481 e. The van der Waals surface area contributed by atoms with E-state index >= 15 is 0 Å². The van der Waals surface area contributed by atoms with Crippen molar-refractivity contribution in [1.29, 1.82) is 0 Å². The third kappa shape index (κ3) is 5.40. The number of ether oxygens (including phenoxy) is 2. The minimum atomic E-state index is -3.91. The first-order valence-corrected chi connectivity index (χ1v) is 8.14. The van der Waals surface area contributed by atoms with Gasteiger partial charge in [-0.15, -0.1) is 0 Å². The number of hydrogen-bond donors (Lipinski definition) is 2. The molecular weight excluding hydrogens is 322 g/mol. The molecule has 1 saturated heterocycles. The van der Waals surface area contributed by atoms with Crippen molar-refractivity contribution >= 4 is 22.2 Å². The molecule has 2 unspecified atom stereocenters. The fraction of sp³-hybridized carbons (Fsp3) is 0.818. The van der Waals surface area contributed by atoms with Gasteiger partial charge in [-0.05, 0) is 6.42 Å². The fourth-order valence-corrected chi connectivity index (χ4v) is 2.93. The molecule has 11 heteroatoms. The Kier molecular flexibility index (Phi) is 6.53. The zero-order chi connectivity index (χ0) is 16.9. The second-order valence-corrected chi connectivity index (χ2v) is 6.49. The molecule has 1 amide bonds. The number of likely N-dealkylation sites (tertiary alicyclic amines) is 1. The van der Waals surface area contributed by atoms with Crippen LogP contribution in [0.25, 0.3) is 0 Å². The summed E-state index contributed by atoms with van der Waals surface area (Å²) >= 11 is 0. The molecule has 3 atom stereocenters. The monoisotopic (exact) mass is 341 g/mol. The minimum Gasteiger partial charge on any atom is -0.481 e. The third-order valence-corrected chi connectivity index (χ3v) is 3.76. The topological polar surface area (TPSA) is 140 Å². The number of rotatable bonds is 7. The van der Waals surface area contributed by atoms with Crippen LogP contribution in [0.2, 0.25) is 0 Å². The Bertz CT molecular complexity index is 506. The van der Waals surface area contributed by atoms with E-state index in [-0.39, 0.29) is 26.4 Å². The quantitative estimate of drug-likeness (QED) is 0.353. The molecule has 0 radical (unpaired) electrons. The first kappa shape index (κ1) is 18.6. The van der Waals surface area contributed by atoms with Gasteiger partial charge in [0.2, 0.25) is 0 Å². The summed E-state index contributed by atoms with van der Waals surface area (Å²) in [6.07, 6.45) is -1.92. The standard InChI is InChI=1S/C11H19NO9S/c1-19-6-20-5-7-3-8(10(13)14)9(21-22(2,17)18)4-12(7)11(15)16/h7-9H,3-6H2,1-2H3,(H,13,14)(H,15,16)/t7-,8?,9?/m1/s1. The van der Waals surface area contributed by atoms with Crippen LogP contribution in [-0.4, -0.2) is 81.0 Å². The van der Waals surface area contributed by atoms with Crippen molar-refractivity contribution in [1.82, 2.24) is 4.90 Å². The summed E-state index contributed by atoms with van der Waals surface area (Å²) in [6, 6.07) is -0.729. The van der Waals surface area contributed by atoms with Crippen LogP contribution in [0.15, 0.2) is 0 Å². The van der Waals surface area contributed by atoms with Crippen molar-refractivity contribution < 1.29 is 41.9 Å². The van der Waals surface area contributed by atoms with Gasteiger partial charge in [-0.2, -0.15) is 8.42 Å². The van der Waals surface area contributed by atoms with Crippen molar-refractivity contribution in [3.8, 4) is 0 Å². The molecule has 1 aliphatic rings. The second kappa shape index (κ2) is 7.72. The van der Waals surface area contributed by atoms with E-state index in [0.717, 1.165) is 11.2 Å².